The average Bonchev–Trinajstić information content (AvgIpc) is 1.12. The van der Waals surface area contributed by atoms with E-state index < -0.39 is 33.1 Å². The summed E-state index contributed by atoms with van der Waals surface area (Å²) in [6.07, 6.45) is 0. The van der Waals surface area contributed by atoms with Crippen molar-refractivity contribution >= 4 is 0 Å². The van der Waals surface area contributed by atoms with Gasteiger partial charge in [-0.25, -0.2) is 0 Å². The third-order valence-corrected chi connectivity index (χ3v) is 0. The average molecular weight is 334 g/mol. The molecule has 1 N–H and O–H groups in total. The van der Waals surface area contributed by atoms with E-state index in [1.807, 2.05) is 0 Å². The minimum atomic E-state index is -5.69. The molecule has 0 heterocycles. The Morgan fingerprint density at radius 3 is 1.09 bits per heavy atom. The van der Waals surface area contributed by atoms with Gasteiger partial charge in [0.2, 0.25) is 0 Å². The van der Waals surface area contributed by atoms with E-state index in [9.17, 15) is 0 Å². The first-order valence-corrected chi connectivity index (χ1v) is 6.78. The van der Waals surface area contributed by atoms with Crippen molar-refractivity contribution < 1.29 is 92.1 Å². The van der Waals surface area contributed by atoms with Crippen LogP contribution in [-0.2, 0) is 24.5 Å². The molecule has 11 heteroatoms. The second kappa shape index (κ2) is 6.91. The number of rotatable bonds is 0. The van der Waals surface area contributed by atoms with Gasteiger partial charge in [0, 0.05) is 3.44 Å². The Kier molecular flexibility index (Phi) is 11.5. The Morgan fingerprint density at radius 2 is 1.09 bits per heavy atom. The molecule has 0 aliphatic carbocycles. The molecule has 8 nitrogen and oxygen atoms in total. The quantitative estimate of drug-likeness (QED) is 0.337. The molecule has 0 saturated carbocycles. The molecule has 0 fully saturated rings. The summed E-state index contributed by atoms with van der Waals surface area (Å²) in [5.41, 5.74) is 0. The zero-order valence-electron chi connectivity index (χ0n) is 5.06. The van der Waals surface area contributed by atoms with E-state index in [-0.39, 0.29) is 29.6 Å². The van der Waals surface area contributed by atoms with Crippen LogP contribution in [0.15, 0.2) is 0 Å². The summed E-state index contributed by atoms with van der Waals surface area (Å²) < 4.78 is 67.5. The van der Waals surface area contributed by atoms with E-state index in [4.69, 9.17) is 29.4 Å². The molecule has 0 atom stereocenters. The zero-order valence-corrected chi connectivity index (χ0v) is 10.4. The predicted octanol–water partition coefficient (Wildman–Crippen LogP) is -11.7. The monoisotopic (exact) mass is 334 g/mol. The fourth-order valence-corrected chi connectivity index (χ4v) is 0. The van der Waals surface area contributed by atoms with Crippen LogP contribution in [0.25, 0.3) is 0 Å². The minimum absolute atomic E-state index is 0. The van der Waals surface area contributed by atoms with Crippen LogP contribution in [-0.4, -0.2) is 3.44 Å². The maximum atomic E-state index is 8.73. The predicted molar refractivity (Wildman–Crippen MR) is 4.28 cm³/mol. The van der Waals surface area contributed by atoms with E-state index in [1.54, 1.807) is 0 Å². The van der Waals surface area contributed by atoms with E-state index in [1.165, 1.54) is 0 Å². The SMILES string of the molecule is [Na+].[O-][I+3]([O-])([O-])O.[O]=[Mn](=[O])(=[O])[O-]. The van der Waals surface area contributed by atoms with Crippen molar-refractivity contribution in [1.29, 1.82) is 0 Å². The van der Waals surface area contributed by atoms with Crippen molar-refractivity contribution in [2.75, 3.05) is 0 Å². The van der Waals surface area contributed by atoms with Gasteiger partial charge in [-0.1, -0.05) is 0 Å². The molecule has 0 aliphatic heterocycles. The topological polar surface area (TPSA) is 164 Å². The molecular formula is HIMnNaO8. The van der Waals surface area contributed by atoms with Crippen LogP contribution in [0.3, 0.4) is 0 Å². The molecular weight excluding hydrogens is 333 g/mol. The molecule has 0 spiro atoms. The zero-order chi connectivity index (χ0) is 9.00. The summed E-state index contributed by atoms with van der Waals surface area (Å²) in [6, 6.07) is 0. The maximum absolute atomic E-state index is 8.73. The van der Waals surface area contributed by atoms with Crippen molar-refractivity contribution in [2.45, 2.75) is 0 Å². The molecule has 0 rings (SSSR count). The standard InChI is InChI=1S/HIO4.Mn.Na.4O/c2-1(3,4)5;;;;;;/h2H;;;;;;/q;;+1;;;;-1. The van der Waals surface area contributed by atoms with Gasteiger partial charge in [-0.05, 0) is 0 Å². The van der Waals surface area contributed by atoms with Crippen LogP contribution >= 0.6 is 0 Å². The van der Waals surface area contributed by atoms with Gasteiger partial charge >= 0.3 is 78.3 Å². The third-order valence-electron chi connectivity index (χ3n) is 0. The van der Waals surface area contributed by atoms with Crippen molar-refractivity contribution in [3.8, 4) is 0 Å². The summed E-state index contributed by atoms with van der Waals surface area (Å²) in [6.45, 7) is 0. The first kappa shape index (κ1) is 18.3. The Labute approximate surface area is 91.0 Å². The van der Waals surface area contributed by atoms with E-state index in [0.717, 1.165) is 0 Å². The fourth-order valence-electron chi connectivity index (χ4n) is 0. The first-order chi connectivity index (χ1) is 4.00. The van der Waals surface area contributed by atoms with Crippen molar-refractivity contribution in [2.24, 2.45) is 0 Å². The summed E-state index contributed by atoms with van der Waals surface area (Å²) in [5, 5.41) is 0. The van der Waals surface area contributed by atoms with Crippen molar-refractivity contribution in [1.82, 2.24) is 0 Å². The Bertz CT molecular complexity index is 192. The van der Waals surface area contributed by atoms with Crippen LogP contribution in [0.1, 0.15) is 0 Å². The van der Waals surface area contributed by atoms with Gasteiger partial charge in [-0.15, -0.1) is 0 Å². The van der Waals surface area contributed by atoms with Crippen molar-refractivity contribution in [3.05, 3.63) is 0 Å². The van der Waals surface area contributed by atoms with Gasteiger partial charge in [-0.2, -0.15) is 0 Å². The third kappa shape index (κ3) is 487. The molecule has 11 heavy (non-hydrogen) atoms. The second-order valence-corrected chi connectivity index (χ2v) is 4.21. The summed E-state index contributed by atoms with van der Waals surface area (Å²) in [4.78, 5) is 0. The molecule has 0 aromatic heterocycles. The Hall–Kier alpha value is 1.45. The fraction of sp³-hybridized carbons (Fsp3) is 0. The molecule has 0 aromatic carbocycles. The van der Waals surface area contributed by atoms with E-state index >= 15 is 0 Å². The van der Waals surface area contributed by atoms with Crippen LogP contribution < -0.4 is 64.1 Å². The Morgan fingerprint density at radius 1 is 1.09 bits per heavy atom. The summed E-state index contributed by atoms with van der Waals surface area (Å²) >= 11 is -11.3. The van der Waals surface area contributed by atoms with Crippen LogP contribution in [0.4, 0.5) is 0 Å². The van der Waals surface area contributed by atoms with E-state index in [0.29, 0.717) is 0 Å². The molecule has 0 unspecified atom stereocenters. The molecule has 0 aliphatic rings. The molecule has 0 amide bonds. The van der Waals surface area contributed by atoms with Gasteiger partial charge in [0.05, 0.1) is 0 Å². The van der Waals surface area contributed by atoms with Crippen molar-refractivity contribution in [3.63, 3.8) is 0 Å². The number of halogens is 1. The molecule has 64 valence electrons. The second-order valence-electron chi connectivity index (χ2n) is 0.774. The van der Waals surface area contributed by atoms with E-state index in [2.05, 4.69) is 0 Å². The normalized spacial score (nSPS) is 10.6. The number of hydrogen-bond donors (Lipinski definition) is 1. The van der Waals surface area contributed by atoms with Crippen LogP contribution in [0, 0.1) is 0 Å². The van der Waals surface area contributed by atoms with Gasteiger partial charge < -0.3 is 0 Å². The molecule has 0 aromatic rings. The molecule has 0 bridgehead atoms. The van der Waals surface area contributed by atoms with Crippen LogP contribution in [0.2, 0.25) is 0 Å². The van der Waals surface area contributed by atoms with Gasteiger partial charge in [0.1, 0.15) is 0 Å². The molecule has 0 radical (unpaired) electrons. The summed E-state index contributed by atoms with van der Waals surface area (Å²) in [7, 11) is 0. The van der Waals surface area contributed by atoms with Gasteiger partial charge in [0.25, 0.3) is 0 Å². The summed E-state index contributed by atoms with van der Waals surface area (Å²) in [5.74, 6) is 0. The molecule has 0 saturated heterocycles. The first-order valence-electron chi connectivity index (χ1n) is 1.25. The van der Waals surface area contributed by atoms with Crippen LogP contribution in [0.5, 0.6) is 0 Å². The Balaban J connectivity index is -0.000000107. The van der Waals surface area contributed by atoms with Gasteiger partial charge in [0.15, 0.2) is 0 Å². The number of hydrogen-bond acceptors (Lipinski definition) is 8. The van der Waals surface area contributed by atoms with Gasteiger partial charge in [-0.3, -0.25) is 10.3 Å².